The van der Waals surface area contributed by atoms with Crippen molar-refractivity contribution in [3.63, 3.8) is 0 Å². The van der Waals surface area contributed by atoms with Crippen LogP contribution >= 0.6 is 0 Å². The maximum absolute atomic E-state index is 10.8. The van der Waals surface area contributed by atoms with Gasteiger partial charge in [0.05, 0.1) is 12.2 Å². The smallest absolute Gasteiger partial charge is 0.192 e. The molecule has 1 fully saturated rings. The fraction of sp³-hybridized carbons (Fsp3) is 0.941. The summed E-state index contributed by atoms with van der Waals surface area (Å²) in [5.74, 6) is 0.488. The van der Waals surface area contributed by atoms with Gasteiger partial charge in [-0.15, -0.1) is 0 Å². The maximum Gasteiger partial charge on any atom is 0.192 e. The van der Waals surface area contributed by atoms with Gasteiger partial charge in [-0.05, 0) is 31.0 Å². The number of carbonyl (C=O) groups excluding carboxylic acids is 1. The lowest BCUT2D eigenvalue weighted by Crippen LogP contribution is -2.46. The molecule has 0 saturated carbocycles. The monoisotopic (exact) mass is 314 g/mol. The van der Waals surface area contributed by atoms with Crippen LogP contribution in [-0.4, -0.2) is 32.9 Å². The summed E-state index contributed by atoms with van der Waals surface area (Å²) in [7, 11) is -1.74. The average molecular weight is 315 g/mol. The number of aldehydes is 1. The molecule has 1 rings (SSSR count). The quantitative estimate of drug-likeness (QED) is 0.378. The third kappa shape index (κ3) is 4.90. The molecule has 1 heterocycles. The van der Waals surface area contributed by atoms with Crippen molar-refractivity contribution in [1.82, 2.24) is 0 Å². The fourth-order valence-electron chi connectivity index (χ4n) is 2.56. The van der Waals surface area contributed by atoms with E-state index in [9.17, 15) is 4.79 Å². The van der Waals surface area contributed by atoms with Crippen LogP contribution in [0.1, 0.15) is 54.4 Å². The summed E-state index contributed by atoms with van der Waals surface area (Å²) >= 11 is 0. The second kappa shape index (κ2) is 6.92. The summed E-state index contributed by atoms with van der Waals surface area (Å²) in [6, 6.07) is 0. The highest BCUT2D eigenvalue weighted by atomic mass is 28.4. The first-order valence-corrected chi connectivity index (χ1v) is 11.2. The summed E-state index contributed by atoms with van der Waals surface area (Å²) in [6.45, 7) is 17.8. The number of ether oxygens (including phenoxy) is 1. The Hall–Kier alpha value is -0.193. The van der Waals surface area contributed by atoms with E-state index in [0.717, 1.165) is 19.1 Å². The second-order valence-corrected chi connectivity index (χ2v) is 12.9. The average Bonchev–Trinajstić information content (AvgIpc) is 3.12. The Kier molecular flexibility index (Phi) is 6.22. The molecule has 0 amide bonds. The topological polar surface area (TPSA) is 38.8 Å². The number of rotatable bonds is 8. The molecule has 3 nitrogen and oxygen atoms in total. The van der Waals surface area contributed by atoms with E-state index in [2.05, 4.69) is 47.7 Å². The molecule has 0 radical (unpaired) electrons. The third-order valence-corrected chi connectivity index (χ3v) is 9.72. The zero-order valence-electron chi connectivity index (χ0n) is 15.1. The molecule has 21 heavy (non-hydrogen) atoms. The Bertz CT molecular complexity index is 348. The summed E-state index contributed by atoms with van der Waals surface area (Å²) in [5.41, 5.74) is 0. The summed E-state index contributed by atoms with van der Waals surface area (Å²) in [5, 5.41) is 0.232. The van der Waals surface area contributed by atoms with Gasteiger partial charge in [0.1, 0.15) is 6.29 Å². The number of hydrogen-bond donors (Lipinski definition) is 0. The first-order valence-electron chi connectivity index (χ1n) is 8.32. The van der Waals surface area contributed by atoms with Gasteiger partial charge in [0.2, 0.25) is 0 Å². The predicted octanol–water partition coefficient (Wildman–Crippen LogP) is 4.42. The Labute approximate surface area is 131 Å². The van der Waals surface area contributed by atoms with Crippen molar-refractivity contribution in [2.45, 2.75) is 90.8 Å². The molecule has 1 saturated heterocycles. The Balaban J connectivity index is 2.60. The predicted molar refractivity (Wildman–Crippen MR) is 90.0 cm³/mol. The van der Waals surface area contributed by atoms with Crippen molar-refractivity contribution in [3.05, 3.63) is 0 Å². The Morgan fingerprint density at radius 1 is 1.29 bits per heavy atom. The van der Waals surface area contributed by atoms with E-state index >= 15 is 0 Å². The molecular weight excluding hydrogens is 280 g/mol. The lowest BCUT2D eigenvalue weighted by molar-refractivity contribution is -0.110. The molecule has 1 aliphatic rings. The molecular formula is C17H34O3Si. The molecule has 0 unspecified atom stereocenters. The molecule has 0 aliphatic carbocycles. The number of epoxide rings is 1. The highest BCUT2D eigenvalue weighted by Gasteiger charge is 2.48. The zero-order valence-corrected chi connectivity index (χ0v) is 16.1. The molecule has 1 aliphatic heterocycles. The van der Waals surface area contributed by atoms with Gasteiger partial charge in [0.15, 0.2) is 8.32 Å². The van der Waals surface area contributed by atoms with E-state index in [1.54, 1.807) is 0 Å². The van der Waals surface area contributed by atoms with Gasteiger partial charge < -0.3 is 14.0 Å². The van der Waals surface area contributed by atoms with Gasteiger partial charge in [-0.1, -0.05) is 41.5 Å². The van der Waals surface area contributed by atoms with Crippen LogP contribution in [0.15, 0.2) is 0 Å². The van der Waals surface area contributed by atoms with Crippen molar-refractivity contribution in [2.24, 2.45) is 11.8 Å². The van der Waals surface area contributed by atoms with Gasteiger partial charge in [0.25, 0.3) is 0 Å². The van der Waals surface area contributed by atoms with Crippen molar-refractivity contribution >= 4 is 14.6 Å². The third-order valence-electron chi connectivity index (χ3n) is 5.22. The van der Waals surface area contributed by atoms with Crippen molar-refractivity contribution < 1.29 is 14.0 Å². The highest BCUT2D eigenvalue weighted by molar-refractivity contribution is 6.74. The van der Waals surface area contributed by atoms with Crippen LogP contribution in [0.4, 0.5) is 0 Å². The van der Waals surface area contributed by atoms with Crippen LogP contribution in [0.2, 0.25) is 18.1 Å². The minimum absolute atomic E-state index is 0.0913. The first kappa shape index (κ1) is 18.9. The second-order valence-electron chi connectivity index (χ2n) is 8.17. The van der Waals surface area contributed by atoms with E-state index in [1.165, 1.54) is 0 Å². The van der Waals surface area contributed by atoms with E-state index in [4.69, 9.17) is 9.16 Å². The van der Waals surface area contributed by atoms with E-state index in [0.29, 0.717) is 5.92 Å². The Morgan fingerprint density at radius 2 is 1.86 bits per heavy atom. The number of hydrogen-bond acceptors (Lipinski definition) is 3. The first-order chi connectivity index (χ1) is 9.53. The molecule has 0 aromatic rings. The summed E-state index contributed by atoms with van der Waals surface area (Å²) in [4.78, 5) is 10.8. The van der Waals surface area contributed by atoms with E-state index in [1.807, 2.05) is 6.92 Å². The highest BCUT2D eigenvalue weighted by Crippen LogP contribution is 2.41. The van der Waals surface area contributed by atoms with Crippen LogP contribution in [0, 0.1) is 11.8 Å². The van der Waals surface area contributed by atoms with Crippen LogP contribution < -0.4 is 0 Å². The van der Waals surface area contributed by atoms with Gasteiger partial charge in [0, 0.05) is 17.9 Å². The molecule has 124 valence electrons. The van der Waals surface area contributed by atoms with Crippen LogP contribution in [0.3, 0.4) is 0 Å². The van der Waals surface area contributed by atoms with Crippen LogP contribution in [0.25, 0.3) is 0 Å². The molecule has 0 bridgehead atoms. The van der Waals surface area contributed by atoms with Gasteiger partial charge in [-0.2, -0.15) is 0 Å². The minimum atomic E-state index is -1.74. The SMILES string of the molecule is CC[C@@H](O[Si](C)(C)C(C)(C)C)[C@@H](C)[C@H]1O[C@@H]1C[C@H](C)C=O. The lowest BCUT2D eigenvalue weighted by Gasteiger charge is -2.40. The van der Waals surface area contributed by atoms with Crippen molar-refractivity contribution in [3.8, 4) is 0 Å². The standard InChI is InChI=1S/C17H34O3Si/c1-9-14(20-21(7,8)17(4,5)6)13(3)16-15(19-16)10-12(2)11-18/h11-16H,9-10H2,1-8H3/t12-,13+,14+,15+,16+/m0/s1. The van der Waals surface area contributed by atoms with E-state index in [-0.39, 0.29) is 29.3 Å². The summed E-state index contributed by atoms with van der Waals surface area (Å²) in [6.07, 6.45) is 3.65. The minimum Gasteiger partial charge on any atom is -0.414 e. The van der Waals surface area contributed by atoms with E-state index < -0.39 is 8.32 Å². The molecule has 4 heteroatoms. The molecule has 5 atom stereocenters. The van der Waals surface area contributed by atoms with Gasteiger partial charge in [-0.25, -0.2) is 0 Å². The number of carbonyl (C=O) groups is 1. The largest absolute Gasteiger partial charge is 0.414 e. The van der Waals surface area contributed by atoms with Gasteiger partial charge in [-0.3, -0.25) is 0 Å². The zero-order chi connectivity index (χ0) is 16.4. The maximum atomic E-state index is 10.8. The summed E-state index contributed by atoms with van der Waals surface area (Å²) < 4.78 is 12.4. The van der Waals surface area contributed by atoms with Crippen LogP contribution in [0.5, 0.6) is 0 Å². The van der Waals surface area contributed by atoms with Crippen molar-refractivity contribution in [1.29, 1.82) is 0 Å². The Morgan fingerprint density at radius 3 is 2.29 bits per heavy atom. The van der Waals surface area contributed by atoms with Crippen LogP contribution in [-0.2, 0) is 14.0 Å². The van der Waals surface area contributed by atoms with Gasteiger partial charge >= 0.3 is 0 Å². The molecule has 0 N–H and O–H groups in total. The van der Waals surface area contributed by atoms with Crippen molar-refractivity contribution in [2.75, 3.05) is 0 Å². The molecule has 0 aromatic heterocycles. The molecule has 0 spiro atoms. The molecule has 0 aromatic carbocycles. The normalized spacial score (nSPS) is 27.0. The lowest BCUT2D eigenvalue weighted by atomic mass is 9.94. The fourth-order valence-corrected chi connectivity index (χ4v) is 4.05.